The number of benzene rings is 2. The van der Waals surface area contributed by atoms with Crippen LogP contribution in [-0.4, -0.2) is 12.9 Å². The number of hydrogen-bond donors (Lipinski definition) is 0. The summed E-state index contributed by atoms with van der Waals surface area (Å²) in [6, 6.07) is 13.2. The van der Waals surface area contributed by atoms with Crippen LogP contribution in [0.25, 0.3) is 0 Å². The zero-order valence-electron chi connectivity index (χ0n) is 11.4. The molecule has 0 saturated carbocycles. The first-order chi connectivity index (χ1) is 9.60. The normalized spacial score (nSPS) is 10.2. The molecule has 0 N–H and O–H groups in total. The van der Waals surface area contributed by atoms with Gasteiger partial charge in [-0.25, -0.2) is 0 Å². The molecule has 0 saturated heterocycles. The zero-order chi connectivity index (χ0) is 14.5. The largest absolute Gasteiger partial charge is 0.497 e. The Morgan fingerprint density at radius 2 is 1.75 bits per heavy atom. The molecule has 2 aromatic rings. The van der Waals surface area contributed by atoms with E-state index in [9.17, 15) is 4.79 Å². The van der Waals surface area contributed by atoms with Crippen LogP contribution in [0.15, 0.2) is 42.5 Å². The molecule has 0 atom stereocenters. The number of halogens is 1. The predicted molar refractivity (Wildman–Crippen MR) is 86.5 cm³/mol. The molecule has 0 fully saturated rings. The van der Waals surface area contributed by atoms with Crippen LogP contribution in [-0.2, 0) is 6.61 Å². The highest BCUT2D eigenvalue weighted by Crippen LogP contribution is 2.21. The highest BCUT2D eigenvalue weighted by atomic mass is 127. The van der Waals surface area contributed by atoms with Crippen molar-refractivity contribution in [2.24, 2.45) is 0 Å². The maximum absolute atomic E-state index is 11.4. The quantitative estimate of drug-likeness (QED) is 0.578. The Hall–Kier alpha value is -1.56. The number of rotatable bonds is 5. The van der Waals surface area contributed by atoms with Gasteiger partial charge in [0.25, 0.3) is 0 Å². The van der Waals surface area contributed by atoms with Gasteiger partial charge in [0.1, 0.15) is 18.1 Å². The summed E-state index contributed by atoms with van der Waals surface area (Å²) in [6.45, 7) is 2.05. The standard InChI is InChI=1S/C16H15IO3/c1-11(18)15-8-7-14(9-16(15)17)20-10-12-3-5-13(19-2)6-4-12/h3-9H,10H2,1-2H3. The third-order valence-electron chi connectivity index (χ3n) is 2.88. The monoisotopic (exact) mass is 382 g/mol. The number of ketones is 1. The van der Waals surface area contributed by atoms with Gasteiger partial charge < -0.3 is 9.47 Å². The van der Waals surface area contributed by atoms with Gasteiger partial charge in [-0.1, -0.05) is 12.1 Å². The van der Waals surface area contributed by atoms with Crippen LogP contribution in [0, 0.1) is 3.57 Å². The van der Waals surface area contributed by atoms with E-state index in [2.05, 4.69) is 22.6 Å². The Kier molecular flexibility index (Phi) is 5.00. The molecule has 20 heavy (non-hydrogen) atoms. The summed E-state index contributed by atoms with van der Waals surface area (Å²) < 4.78 is 11.7. The second kappa shape index (κ2) is 6.74. The molecular formula is C16H15IO3. The lowest BCUT2D eigenvalue weighted by atomic mass is 10.1. The lowest BCUT2D eigenvalue weighted by molar-refractivity contribution is 0.101. The molecule has 104 valence electrons. The van der Waals surface area contributed by atoms with E-state index in [0.717, 1.165) is 26.2 Å². The first kappa shape index (κ1) is 14.8. The molecule has 0 unspecified atom stereocenters. The topological polar surface area (TPSA) is 35.5 Å². The van der Waals surface area contributed by atoms with Gasteiger partial charge in [0.05, 0.1) is 7.11 Å². The Bertz CT molecular complexity index is 606. The maximum atomic E-state index is 11.4. The number of carbonyl (C=O) groups excluding carboxylic acids is 1. The summed E-state index contributed by atoms with van der Waals surface area (Å²) in [6.07, 6.45) is 0. The van der Waals surface area contributed by atoms with Gasteiger partial charge in [-0.3, -0.25) is 4.79 Å². The van der Waals surface area contributed by atoms with Crippen molar-refractivity contribution in [2.45, 2.75) is 13.5 Å². The van der Waals surface area contributed by atoms with Crippen molar-refractivity contribution in [1.82, 2.24) is 0 Å². The summed E-state index contributed by atoms with van der Waals surface area (Å²) in [4.78, 5) is 11.4. The van der Waals surface area contributed by atoms with Crippen LogP contribution in [0.2, 0.25) is 0 Å². The van der Waals surface area contributed by atoms with Crippen LogP contribution in [0.5, 0.6) is 11.5 Å². The fraction of sp³-hybridized carbons (Fsp3) is 0.188. The Morgan fingerprint density at radius 3 is 2.30 bits per heavy atom. The fourth-order valence-corrected chi connectivity index (χ4v) is 2.63. The van der Waals surface area contributed by atoms with Crippen molar-refractivity contribution in [3.63, 3.8) is 0 Å². The highest BCUT2D eigenvalue weighted by Gasteiger charge is 2.06. The van der Waals surface area contributed by atoms with Crippen molar-refractivity contribution >= 4 is 28.4 Å². The van der Waals surface area contributed by atoms with Gasteiger partial charge in [0.2, 0.25) is 0 Å². The molecule has 0 amide bonds. The molecule has 0 bridgehead atoms. The Balaban J connectivity index is 2.03. The van der Waals surface area contributed by atoms with Crippen LogP contribution in [0.4, 0.5) is 0 Å². The molecule has 2 aromatic carbocycles. The number of ether oxygens (including phenoxy) is 2. The summed E-state index contributed by atoms with van der Waals surface area (Å²) in [5.74, 6) is 1.65. The van der Waals surface area contributed by atoms with Crippen LogP contribution in [0.3, 0.4) is 0 Å². The molecule has 2 rings (SSSR count). The van der Waals surface area contributed by atoms with E-state index in [4.69, 9.17) is 9.47 Å². The van der Waals surface area contributed by atoms with Crippen LogP contribution in [0.1, 0.15) is 22.8 Å². The van der Waals surface area contributed by atoms with Gasteiger partial charge in [-0.15, -0.1) is 0 Å². The minimum atomic E-state index is 0.0658. The van der Waals surface area contributed by atoms with Gasteiger partial charge in [-0.2, -0.15) is 0 Å². The zero-order valence-corrected chi connectivity index (χ0v) is 13.5. The average molecular weight is 382 g/mol. The predicted octanol–water partition coefficient (Wildman–Crippen LogP) is 4.08. The molecule has 4 heteroatoms. The number of methoxy groups -OCH3 is 1. The van der Waals surface area contributed by atoms with Crippen molar-refractivity contribution in [3.8, 4) is 11.5 Å². The van der Waals surface area contributed by atoms with Gasteiger partial charge in [0, 0.05) is 9.13 Å². The van der Waals surface area contributed by atoms with Crippen molar-refractivity contribution < 1.29 is 14.3 Å². The molecule has 0 aromatic heterocycles. The Morgan fingerprint density at radius 1 is 1.10 bits per heavy atom. The molecule has 0 aliphatic heterocycles. The summed E-state index contributed by atoms with van der Waals surface area (Å²) in [5, 5.41) is 0. The maximum Gasteiger partial charge on any atom is 0.160 e. The second-order valence-corrected chi connectivity index (χ2v) is 5.50. The lowest BCUT2D eigenvalue weighted by Gasteiger charge is -2.09. The highest BCUT2D eigenvalue weighted by molar-refractivity contribution is 14.1. The third-order valence-corrected chi connectivity index (χ3v) is 3.78. The van der Waals surface area contributed by atoms with E-state index in [-0.39, 0.29) is 5.78 Å². The van der Waals surface area contributed by atoms with E-state index < -0.39 is 0 Å². The van der Waals surface area contributed by atoms with E-state index in [0.29, 0.717) is 6.61 Å². The second-order valence-electron chi connectivity index (χ2n) is 4.33. The molecule has 0 heterocycles. The first-order valence-electron chi connectivity index (χ1n) is 6.16. The van der Waals surface area contributed by atoms with E-state index >= 15 is 0 Å². The molecule has 0 radical (unpaired) electrons. The fourth-order valence-electron chi connectivity index (χ4n) is 1.76. The molecular weight excluding hydrogens is 367 g/mol. The molecule has 3 nitrogen and oxygen atoms in total. The Labute approximate surface area is 132 Å². The van der Waals surface area contributed by atoms with Crippen LogP contribution < -0.4 is 9.47 Å². The van der Waals surface area contributed by atoms with Crippen molar-refractivity contribution in [3.05, 3.63) is 57.2 Å². The minimum absolute atomic E-state index is 0.0658. The van der Waals surface area contributed by atoms with Crippen molar-refractivity contribution in [1.29, 1.82) is 0 Å². The third kappa shape index (κ3) is 3.72. The number of Topliss-reactive ketones (excluding diaryl/α,β-unsaturated/α-hetero) is 1. The number of hydrogen-bond acceptors (Lipinski definition) is 3. The van der Waals surface area contributed by atoms with Gasteiger partial charge >= 0.3 is 0 Å². The number of carbonyl (C=O) groups is 1. The summed E-state index contributed by atoms with van der Waals surface area (Å²) in [5.41, 5.74) is 1.79. The first-order valence-corrected chi connectivity index (χ1v) is 7.24. The molecule has 0 aliphatic rings. The van der Waals surface area contributed by atoms with E-state index in [1.807, 2.05) is 36.4 Å². The van der Waals surface area contributed by atoms with Gasteiger partial charge in [-0.05, 0) is 65.4 Å². The molecule has 0 spiro atoms. The van der Waals surface area contributed by atoms with E-state index in [1.165, 1.54) is 0 Å². The van der Waals surface area contributed by atoms with E-state index in [1.54, 1.807) is 20.1 Å². The smallest absolute Gasteiger partial charge is 0.160 e. The minimum Gasteiger partial charge on any atom is -0.497 e. The SMILES string of the molecule is COc1ccc(COc2ccc(C(C)=O)c(I)c2)cc1. The lowest BCUT2D eigenvalue weighted by Crippen LogP contribution is -1.99. The van der Waals surface area contributed by atoms with Crippen LogP contribution >= 0.6 is 22.6 Å². The van der Waals surface area contributed by atoms with Gasteiger partial charge in [0.15, 0.2) is 5.78 Å². The average Bonchev–Trinajstić information content (AvgIpc) is 2.45. The van der Waals surface area contributed by atoms with Crippen molar-refractivity contribution in [2.75, 3.05) is 7.11 Å². The summed E-state index contributed by atoms with van der Waals surface area (Å²) >= 11 is 2.15. The molecule has 0 aliphatic carbocycles. The summed E-state index contributed by atoms with van der Waals surface area (Å²) in [7, 11) is 1.64.